The summed E-state index contributed by atoms with van der Waals surface area (Å²) in [6, 6.07) is 0. The largest absolute Gasteiger partial charge is 0.392 e. The summed E-state index contributed by atoms with van der Waals surface area (Å²) in [5.41, 5.74) is 0. The minimum atomic E-state index is -0.166. The molecular formula is C11H23NO. The summed E-state index contributed by atoms with van der Waals surface area (Å²) in [4.78, 5) is 2.41. The van der Waals surface area contributed by atoms with E-state index in [0.29, 0.717) is 0 Å². The van der Waals surface area contributed by atoms with Crippen LogP contribution in [0.15, 0.2) is 0 Å². The molecule has 1 fully saturated rings. The fourth-order valence-corrected chi connectivity index (χ4v) is 2.05. The van der Waals surface area contributed by atoms with Crippen LogP contribution < -0.4 is 0 Å². The number of hydrogen-bond acceptors (Lipinski definition) is 2. The highest BCUT2D eigenvalue weighted by molar-refractivity contribution is 4.63. The molecular weight excluding hydrogens is 162 g/mol. The molecule has 2 nitrogen and oxygen atoms in total. The molecule has 1 aliphatic rings. The van der Waals surface area contributed by atoms with Gasteiger partial charge in [0, 0.05) is 6.54 Å². The Kier molecular flexibility index (Phi) is 5.40. The van der Waals surface area contributed by atoms with Gasteiger partial charge < -0.3 is 10.0 Å². The normalized spacial score (nSPS) is 24.5. The molecule has 0 saturated carbocycles. The van der Waals surface area contributed by atoms with Crippen LogP contribution in [0.25, 0.3) is 0 Å². The van der Waals surface area contributed by atoms with E-state index in [-0.39, 0.29) is 6.10 Å². The second-order valence-electron chi connectivity index (χ2n) is 4.27. The van der Waals surface area contributed by atoms with Crippen LogP contribution in [0.2, 0.25) is 0 Å². The molecule has 1 aliphatic heterocycles. The van der Waals surface area contributed by atoms with Gasteiger partial charge in [-0.25, -0.2) is 0 Å². The van der Waals surface area contributed by atoms with Crippen molar-refractivity contribution in [2.45, 2.75) is 51.6 Å². The molecule has 13 heavy (non-hydrogen) atoms. The summed E-state index contributed by atoms with van der Waals surface area (Å²) in [7, 11) is 0. The Morgan fingerprint density at radius 1 is 1.00 bits per heavy atom. The second kappa shape index (κ2) is 6.39. The first-order valence-corrected chi connectivity index (χ1v) is 5.69. The van der Waals surface area contributed by atoms with Crippen LogP contribution in [-0.2, 0) is 0 Å². The van der Waals surface area contributed by atoms with E-state index in [1.165, 1.54) is 51.6 Å². The van der Waals surface area contributed by atoms with Crippen LogP contribution in [0.4, 0.5) is 0 Å². The number of aliphatic hydroxyl groups is 1. The Bertz CT molecular complexity index is 115. The molecule has 0 radical (unpaired) electrons. The lowest BCUT2D eigenvalue weighted by Gasteiger charge is -2.22. The van der Waals surface area contributed by atoms with Crippen LogP contribution in [-0.4, -0.2) is 35.7 Å². The van der Waals surface area contributed by atoms with Crippen molar-refractivity contribution >= 4 is 0 Å². The predicted molar refractivity (Wildman–Crippen MR) is 55.8 cm³/mol. The lowest BCUT2D eigenvalue weighted by molar-refractivity contribution is 0.125. The van der Waals surface area contributed by atoms with Gasteiger partial charge in [0.05, 0.1) is 6.10 Å². The van der Waals surface area contributed by atoms with Gasteiger partial charge >= 0.3 is 0 Å². The van der Waals surface area contributed by atoms with E-state index >= 15 is 0 Å². The van der Waals surface area contributed by atoms with Gasteiger partial charge in [-0.15, -0.1) is 0 Å². The molecule has 1 heterocycles. The van der Waals surface area contributed by atoms with Crippen LogP contribution in [0, 0.1) is 0 Å². The van der Waals surface area contributed by atoms with Gasteiger partial charge in [0.1, 0.15) is 0 Å². The van der Waals surface area contributed by atoms with Crippen LogP contribution >= 0.6 is 0 Å². The average Bonchev–Trinajstić information content (AvgIpc) is 2.17. The summed E-state index contributed by atoms with van der Waals surface area (Å²) in [6.45, 7) is 5.11. The van der Waals surface area contributed by atoms with E-state index in [1.807, 2.05) is 6.92 Å². The van der Waals surface area contributed by atoms with E-state index in [9.17, 15) is 5.11 Å². The Morgan fingerprint density at radius 3 is 1.92 bits per heavy atom. The molecule has 1 rings (SSSR count). The molecule has 1 N–H and O–H groups in total. The molecule has 2 heteroatoms. The van der Waals surface area contributed by atoms with Gasteiger partial charge in [-0.1, -0.05) is 25.7 Å². The van der Waals surface area contributed by atoms with Crippen molar-refractivity contribution in [3.63, 3.8) is 0 Å². The highest BCUT2D eigenvalue weighted by Gasteiger charge is 2.08. The molecule has 1 saturated heterocycles. The van der Waals surface area contributed by atoms with Gasteiger partial charge in [-0.05, 0) is 32.9 Å². The van der Waals surface area contributed by atoms with Gasteiger partial charge in [0.25, 0.3) is 0 Å². The summed E-state index contributed by atoms with van der Waals surface area (Å²) >= 11 is 0. The molecule has 0 aromatic rings. The Hall–Kier alpha value is -0.0800. The Balaban J connectivity index is 2.24. The van der Waals surface area contributed by atoms with Crippen LogP contribution in [0.1, 0.15) is 45.4 Å². The third-order valence-electron chi connectivity index (χ3n) is 2.72. The highest BCUT2D eigenvalue weighted by Crippen LogP contribution is 2.11. The monoisotopic (exact) mass is 185 g/mol. The van der Waals surface area contributed by atoms with Crippen molar-refractivity contribution in [2.24, 2.45) is 0 Å². The quantitative estimate of drug-likeness (QED) is 0.711. The summed E-state index contributed by atoms with van der Waals surface area (Å²) < 4.78 is 0. The molecule has 0 spiro atoms. The third kappa shape index (κ3) is 5.27. The predicted octanol–water partition coefficient (Wildman–Crippen LogP) is 2.02. The SMILES string of the molecule is C[C@H](O)CN1CCCCCCCC1. The van der Waals surface area contributed by atoms with Gasteiger partial charge in [-0.3, -0.25) is 0 Å². The molecule has 0 aliphatic carbocycles. The van der Waals surface area contributed by atoms with Crippen LogP contribution in [0.3, 0.4) is 0 Å². The molecule has 1 atom stereocenters. The lowest BCUT2D eigenvalue weighted by atomic mass is 10.1. The minimum Gasteiger partial charge on any atom is -0.392 e. The summed E-state index contributed by atoms with van der Waals surface area (Å²) in [5.74, 6) is 0. The van der Waals surface area contributed by atoms with Crippen molar-refractivity contribution in [3.8, 4) is 0 Å². The maximum absolute atomic E-state index is 9.30. The highest BCUT2D eigenvalue weighted by atomic mass is 16.3. The van der Waals surface area contributed by atoms with Crippen molar-refractivity contribution in [1.29, 1.82) is 0 Å². The zero-order valence-corrected chi connectivity index (χ0v) is 8.84. The van der Waals surface area contributed by atoms with Crippen molar-refractivity contribution in [1.82, 2.24) is 4.90 Å². The minimum absolute atomic E-state index is 0.166. The first kappa shape index (κ1) is 11.0. The lowest BCUT2D eigenvalue weighted by Crippen LogP contribution is -2.32. The van der Waals surface area contributed by atoms with E-state index in [4.69, 9.17) is 0 Å². The molecule has 0 bridgehead atoms. The fourth-order valence-electron chi connectivity index (χ4n) is 2.05. The Morgan fingerprint density at radius 2 is 1.46 bits per heavy atom. The first-order chi connectivity index (χ1) is 6.29. The van der Waals surface area contributed by atoms with Crippen molar-refractivity contribution in [2.75, 3.05) is 19.6 Å². The number of rotatable bonds is 2. The van der Waals surface area contributed by atoms with Crippen molar-refractivity contribution < 1.29 is 5.11 Å². The van der Waals surface area contributed by atoms with Crippen LogP contribution in [0.5, 0.6) is 0 Å². The smallest absolute Gasteiger partial charge is 0.0639 e. The van der Waals surface area contributed by atoms with Gasteiger partial charge in [0.15, 0.2) is 0 Å². The Labute approximate surface area is 81.9 Å². The maximum Gasteiger partial charge on any atom is 0.0639 e. The number of aliphatic hydroxyl groups excluding tert-OH is 1. The summed E-state index contributed by atoms with van der Waals surface area (Å²) in [6.07, 6.45) is 8.01. The first-order valence-electron chi connectivity index (χ1n) is 5.69. The molecule has 0 aromatic heterocycles. The molecule has 78 valence electrons. The zero-order chi connectivity index (χ0) is 9.52. The zero-order valence-electron chi connectivity index (χ0n) is 8.84. The van der Waals surface area contributed by atoms with E-state index in [2.05, 4.69) is 4.90 Å². The third-order valence-corrected chi connectivity index (χ3v) is 2.72. The van der Waals surface area contributed by atoms with E-state index in [0.717, 1.165) is 6.54 Å². The topological polar surface area (TPSA) is 23.5 Å². The van der Waals surface area contributed by atoms with Gasteiger partial charge in [0.2, 0.25) is 0 Å². The van der Waals surface area contributed by atoms with Gasteiger partial charge in [-0.2, -0.15) is 0 Å². The van der Waals surface area contributed by atoms with E-state index < -0.39 is 0 Å². The second-order valence-corrected chi connectivity index (χ2v) is 4.27. The molecule has 0 unspecified atom stereocenters. The fraction of sp³-hybridized carbons (Fsp3) is 1.00. The van der Waals surface area contributed by atoms with Crippen molar-refractivity contribution in [3.05, 3.63) is 0 Å². The average molecular weight is 185 g/mol. The molecule has 0 aromatic carbocycles. The standard InChI is InChI=1S/C11H23NO/c1-11(13)10-12-8-6-4-2-3-5-7-9-12/h11,13H,2-10H2,1H3/t11-/m0/s1. The number of hydrogen-bond donors (Lipinski definition) is 1. The molecule has 0 amide bonds. The summed E-state index contributed by atoms with van der Waals surface area (Å²) in [5, 5.41) is 9.30. The number of β-amino-alcohol motifs (C(OH)–C–C–N with tert-alkyl or cyclic N) is 1. The maximum atomic E-state index is 9.30. The van der Waals surface area contributed by atoms with E-state index in [1.54, 1.807) is 0 Å². The number of nitrogens with zero attached hydrogens (tertiary/aromatic N) is 1.